The molecule has 0 atom stereocenters. The van der Waals surface area contributed by atoms with Gasteiger partial charge >= 0.3 is 0 Å². The normalized spacial score (nSPS) is 15.8. The number of rotatable bonds is 3. The third-order valence-electron chi connectivity index (χ3n) is 3.72. The number of halogens is 1. The van der Waals surface area contributed by atoms with E-state index in [4.69, 9.17) is 16.3 Å². The van der Waals surface area contributed by atoms with Crippen molar-refractivity contribution in [2.24, 2.45) is 5.92 Å². The van der Waals surface area contributed by atoms with Gasteiger partial charge in [0.2, 0.25) is 0 Å². The summed E-state index contributed by atoms with van der Waals surface area (Å²) in [4.78, 5) is 0. The minimum Gasteiger partial charge on any atom is -0.497 e. The van der Waals surface area contributed by atoms with Gasteiger partial charge in [0.05, 0.1) is 36.3 Å². The van der Waals surface area contributed by atoms with E-state index in [-0.39, 0.29) is 0 Å². The van der Waals surface area contributed by atoms with Crippen LogP contribution in [-0.4, -0.2) is 7.11 Å². The first kappa shape index (κ1) is 16.7. The predicted molar refractivity (Wildman–Crippen MR) is 90.1 cm³/mol. The standard InChI is InChI=1S/C18H16ClN3O/c1-11-16(9-20)15(17(10-21)12(2)22-11)8-18(19)13-4-6-14(23-3)7-5-13/h4-8,15,22H,1-3H3. The number of allylic oxidation sites excluding steroid dienone is 5. The molecule has 0 fully saturated rings. The van der Waals surface area contributed by atoms with Crippen LogP contribution in [0.25, 0.3) is 5.03 Å². The monoisotopic (exact) mass is 325 g/mol. The number of nitrogens with one attached hydrogen (secondary N) is 1. The van der Waals surface area contributed by atoms with E-state index in [1.165, 1.54) is 0 Å². The second-order valence-electron chi connectivity index (χ2n) is 5.15. The highest BCUT2D eigenvalue weighted by Crippen LogP contribution is 2.33. The summed E-state index contributed by atoms with van der Waals surface area (Å²) in [6, 6.07) is 11.6. The highest BCUT2D eigenvalue weighted by Gasteiger charge is 2.26. The topological polar surface area (TPSA) is 68.8 Å². The van der Waals surface area contributed by atoms with E-state index in [2.05, 4.69) is 17.5 Å². The van der Waals surface area contributed by atoms with Crippen LogP contribution in [0.3, 0.4) is 0 Å². The Balaban J connectivity index is 2.46. The second-order valence-corrected chi connectivity index (χ2v) is 5.55. The Labute approximate surface area is 140 Å². The minimum absolute atomic E-state index is 0.444. The van der Waals surface area contributed by atoms with Crippen molar-refractivity contribution in [3.63, 3.8) is 0 Å². The van der Waals surface area contributed by atoms with Gasteiger partial charge < -0.3 is 10.1 Å². The molecule has 1 N–H and O–H groups in total. The van der Waals surface area contributed by atoms with Crippen molar-refractivity contribution in [1.29, 1.82) is 10.5 Å². The van der Waals surface area contributed by atoms with Crippen LogP contribution in [-0.2, 0) is 0 Å². The Kier molecular flexibility index (Phi) is 5.11. The van der Waals surface area contributed by atoms with E-state index in [0.717, 1.165) is 22.7 Å². The van der Waals surface area contributed by atoms with Crippen molar-refractivity contribution >= 4 is 16.6 Å². The molecule has 1 aliphatic rings. The molecular weight excluding hydrogens is 310 g/mol. The number of hydrogen-bond acceptors (Lipinski definition) is 4. The zero-order valence-electron chi connectivity index (χ0n) is 13.1. The zero-order valence-corrected chi connectivity index (χ0v) is 13.9. The lowest BCUT2D eigenvalue weighted by Gasteiger charge is -2.24. The highest BCUT2D eigenvalue weighted by atomic mass is 35.5. The van der Waals surface area contributed by atoms with Crippen LogP contribution in [0, 0.1) is 28.6 Å². The van der Waals surface area contributed by atoms with Crippen molar-refractivity contribution in [1.82, 2.24) is 5.32 Å². The zero-order chi connectivity index (χ0) is 17.0. The summed E-state index contributed by atoms with van der Waals surface area (Å²) < 4.78 is 5.12. The first-order valence-corrected chi connectivity index (χ1v) is 7.40. The number of methoxy groups -OCH3 is 1. The summed E-state index contributed by atoms with van der Waals surface area (Å²) in [5.41, 5.74) is 3.28. The van der Waals surface area contributed by atoms with Gasteiger partial charge in [0.25, 0.3) is 0 Å². The van der Waals surface area contributed by atoms with Crippen molar-refractivity contribution in [2.75, 3.05) is 7.11 Å². The molecule has 1 heterocycles. The van der Waals surface area contributed by atoms with Gasteiger partial charge in [-0.15, -0.1) is 0 Å². The summed E-state index contributed by atoms with van der Waals surface area (Å²) in [7, 11) is 1.60. The van der Waals surface area contributed by atoms with Gasteiger partial charge in [0.1, 0.15) is 5.75 Å². The van der Waals surface area contributed by atoms with Crippen LogP contribution in [0.5, 0.6) is 5.75 Å². The fourth-order valence-electron chi connectivity index (χ4n) is 2.49. The molecule has 23 heavy (non-hydrogen) atoms. The molecule has 0 aromatic heterocycles. The molecule has 116 valence electrons. The van der Waals surface area contributed by atoms with Crippen molar-refractivity contribution < 1.29 is 4.74 Å². The number of dihydropyridines is 1. The smallest absolute Gasteiger partial charge is 0.118 e. The van der Waals surface area contributed by atoms with E-state index < -0.39 is 5.92 Å². The average molecular weight is 326 g/mol. The number of ether oxygens (including phenoxy) is 1. The first-order chi connectivity index (χ1) is 11.0. The Morgan fingerprint density at radius 2 is 1.65 bits per heavy atom. The molecule has 2 rings (SSSR count). The quantitative estimate of drug-likeness (QED) is 0.908. The van der Waals surface area contributed by atoms with Crippen molar-refractivity contribution in [3.8, 4) is 17.9 Å². The van der Waals surface area contributed by atoms with Gasteiger partial charge in [-0.2, -0.15) is 10.5 Å². The Morgan fingerprint density at radius 1 is 1.13 bits per heavy atom. The summed E-state index contributed by atoms with van der Waals surface area (Å²) in [6.45, 7) is 3.64. The molecule has 0 radical (unpaired) electrons. The summed E-state index contributed by atoms with van der Waals surface area (Å²) in [5, 5.41) is 22.4. The SMILES string of the molecule is COc1ccc(C(Cl)=CC2C(C#N)=C(C)NC(C)=C2C#N)cc1. The fourth-order valence-corrected chi connectivity index (χ4v) is 2.74. The molecule has 1 aromatic carbocycles. The third kappa shape index (κ3) is 3.39. The molecule has 0 saturated carbocycles. The van der Waals surface area contributed by atoms with Crippen LogP contribution in [0.2, 0.25) is 0 Å². The van der Waals surface area contributed by atoms with Gasteiger partial charge in [-0.05, 0) is 43.7 Å². The van der Waals surface area contributed by atoms with Gasteiger partial charge in [0.15, 0.2) is 0 Å². The maximum atomic E-state index is 9.41. The van der Waals surface area contributed by atoms with Gasteiger partial charge in [-0.25, -0.2) is 0 Å². The number of nitrogens with zero attached hydrogens (tertiary/aromatic N) is 2. The predicted octanol–water partition coefficient (Wildman–Crippen LogP) is 4.09. The number of nitriles is 2. The molecular formula is C18H16ClN3O. The maximum absolute atomic E-state index is 9.41. The lowest BCUT2D eigenvalue weighted by atomic mass is 9.86. The third-order valence-corrected chi connectivity index (χ3v) is 4.07. The molecule has 1 aliphatic heterocycles. The highest BCUT2D eigenvalue weighted by molar-refractivity contribution is 6.48. The molecule has 0 saturated heterocycles. The van der Waals surface area contributed by atoms with Crippen LogP contribution in [0.1, 0.15) is 19.4 Å². The number of benzene rings is 1. The largest absolute Gasteiger partial charge is 0.497 e. The maximum Gasteiger partial charge on any atom is 0.118 e. The van der Waals surface area contributed by atoms with E-state index in [0.29, 0.717) is 16.2 Å². The van der Waals surface area contributed by atoms with Crippen molar-refractivity contribution in [2.45, 2.75) is 13.8 Å². The lowest BCUT2D eigenvalue weighted by Crippen LogP contribution is -2.23. The van der Waals surface area contributed by atoms with Gasteiger partial charge in [-0.1, -0.05) is 17.7 Å². The van der Waals surface area contributed by atoms with Gasteiger partial charge in [-0.3, -0.25) is 0 Å². The van der Waals surface area contributed by atoms with E-state index in [9.17, 15) is 10.5 Å². The fraction of sp³-hybridized carbons (Fsp3) is 0.222. The molecule has 4 nitrogen and oxygen atoms in total. The summed E-state index contributed by atoms with van der Waals surface area (Å²) >= 11 is 6.41. The van der Waals surface area contributed by atoms with Crippen LogP contribution >= 0.6 is 11.6 Å². The van der Waals surface area contributed by atoms with E-state index in [1.54, 1.807) is 13.2 Å². The Bertz CT molecular complexity index is 753. The van der Waals surface area contributed by atoms with Gasteiger partial charge in [0, 0.05) is 16.4 Å². The molecule has 5 heteroatoms. The van der Waals surface area contributed by atoms with E-state index in [1.807, 2.05) is 38.1 Å². The minimum atomic E-state index is -0.444. The second kappa shape index (κ2) is 7.05. The van der Waals surface area contributed by atoms with Crippen molar-refractivity contribution in [3.05, 3.63) is 58.4 Å². The Hall–Kier alpha value is -2.69. The molecule has 0 unspecified atom stereocenters. The Morgan fingerprint density at radius 3 is 2.09 bits per heavy atom. The number of hydrogen-bond donors (Lipinski definition) is 1. The summed E-state index contributed by atoms with van der Waals surface area (Å²) in [6.07, 6.45) is 1.74. The molecule has 0 amide bonds. The summed E-state index contributed by atoms with van der Waals surface area (Å²) in [5.74, 6) is 0.294. The average Bonchev–Trinajstić information content (AvgIpc) is 2.55. The molecule has 0 bridgehead atoms. The molecule has 1 aromatic rings. The van der Waals surface area contributed by atoms with Crippen LogP contribution < -0.4 is 10.1 Å². The van der Waals surface area contributed by atoms with E-state index >= 15 is 0 Å². The molecule has 0 spiro atoms. The van der Waals surface area contributed by atoms with Crippen LogP contribution in [0.4, 0.5) is 0 Å². The lowest BCUT2D eigenvalue weighted by molar-refractivity contribution is 0.415. The van der Waals surface area contributed by atoms with Crippen LogP contribution in [0.15, 0.2) is 52.9 Å². The first-order valence-electron chi connectivity index (χ1n) is 7.02. The molecule has 0 aliphatic carbocycles.